The number of carbonyl (C=O) groups is 1. The van der Waals surface area contributed by atoms with Gasteiger partial charge in [0.05, 0.1) is 0 Å². The van der Waals surface area contributed by atoms with Gasteiger partial charge in [0.15, 0.2) is 0 Å². The molecule has 0 saturated carbocycles. The Bertz CT molecular complexity index is 709. The second kappa shape index (κ2) is 11.5. The monoisotopic (exact) mass is 392 g/mol. The maximum absolute atomic E-state index is 11.1. The van der Waals surface area contributed by atoms with E-state index < -0.39 is 0 Å². The van der Waals surface area contributed by atoms with Crippen LogP contribution in [0, 0.1) is 5.92 Å². The third-order valence-electron chi connectivity index (χ3n) is 5.54. The Labute approximate surface area is 177 Å². The molecular weight excluding hydrogens is 356 g/mol. The Kier molecular flexibility index (Phi) is 8.98. The van der Waals surface area contributed by atoms with Crippen molar-refractivity contribution in [2.75, 3.05) is 38.0 Å². The van der Waals surface area contributed by atoms with Gasteiger partial charge in [0.25, 0.3) is 0 Å². The standard InChI is InChI=1S/C26H36N2O/c1-6-7-8-10-21(11-9-20-29)26(22-12-16-24(17-13-22)27(2)3)23-14-18-25(19-15-23)28(4)5/h9,11-21,26H,6-8,10H2,1-5H3/b11-9+/t21-/m1/s1. The summed E-state index contributed by atoms with van der Waals surface area (Å²) in [5, 5.41) is 0. The molecule has 0 saturated heterocycles. The van der Waals surface area contributed by atoms with E-state index in [1.807, 2.05) is 0 Å². The molecule has 0 fully saturated rings. The Morgan fingerprint density at radius 1 is 0.793 bits per heavy atom. The lowest BCUT2D eigenvalue weighted by molar-refractivity contribution is -0.104. The van der Waals surface area contributed by atoms with E-state index in [0.717, 1.165) is 12.7 Å². The van der Waals surface area contributed by atoms with Crippen molar-refractivity contribution < 1.29 is 4.79 Å². The highest BCUT2D eigenvalue weighted by Crippen LogP contribution is 2.37. The first-order valence-corrected chi connectivity index (χ1v) is 10.6. The average molecular weight is 393 g/mol. The Morgan fingerprint density at radius 2 is 1.28 bits per heavy atom. The topological polar surface area (TPSA) is 23.6 Å². The molecule has 2 aromatic carbocycles. The predicted molar refractivity (Wildman–Crippen MR) is 126 cm³/mol. The van der Waals surface area contributed by atoms with Crippen molar-refractivity contribution in [3.63, 3.8) is 0 Å². The van der Waals surface area contributed by atoms with Crippen LogP contribution in [0.2, 0.25) is 0 Å². The fourth-order valence-corrected chi connectivity index (χ4v) is 3.84. The molecule has 3 heteroatoms. The lowest BCUT2D eigenvalue weighted by Crippen LogP contribution is -2.15. The summed E-state index contributed by atoms with van der Waals surface area (Å²) in [7, 11) is 8.25. The first-order chi connectivity index (χ1) is 14.0. The highest BCUT2D eigenvalue weighted by molar-refractivity contribution is 5.64. The van der Waals surface area contributed by atoms with Gasteiger partial charge in [0.2, 0.25) is 0 Å². The van der Waals surface area contributed by atoms with Gasteiger partial charge >= 0.3 is 0 Å². The number of anilines is 2. The Morgan fingerprint density at radius 3 is 1.66 bits per heavy atom. The van der Waals surface area contributed by atoms with Gasteiger partial charge in [0.1, 0.15) is 6.29 Å². The van der Waals surface area contributed by atoms with Crippen LogP contribution in [0.15, 0.2) is 60.7 Å². The minimum absolute atomic E-state index is 0.232. The zero-order valence-electron chi connectivity index (χ0n) is 18.6. The van der Waals surface area contributed by atoms with Gasteiger partial charge in [-0.3, -0.25) is 4.79 Å². The summed E-state index contributed by atoms with van der Waals surface area (Å²) in [6, 6.07) is 17.7. The number of aldehydes is 1. The molecule has 0 N–H and O–H groups in total. The van der Waals surface area contributed by atoms with Gasteiger partial charge in [-0.15, -0.1) is 0 Å². The summed E-state index contributed by atoms with van der Waals surface area (Å²) in [6.07, 6.45) is 9.34. The molecule has 0 spiro atoms. The number of allylic oxidation sites excluding steroid dienone is 2. The van der Waals surface area contributed by atoms with Crippen LogP contribution in [-0.4, -0.2) is 34.5 Å². The largest absolute Gasteiger partial charge is 0.378 e. The molecule has 3 nitrogen and oxygen atoms in total. The van der Waals surface area contributed by atoms with E-state index >= 15 is 0 Å². The molecule has 0 amide bonds. The Balaban J connectivity index is 2.46. The number of unbranched alkanes of at least 4 members (excludes halogenated alkanes) is 2. The van der Waals surface area contributed by atoms with Crippen LogP contribution in [0.1, 0.15) is 49.7 Å². The van der Waals surface area contributed by atoms with Crippen LogP contribution in [-0.2, 0) is 4.79 Å². The fraction of sp³-hybridized carbons (Fsp3) is 0.423. The number of hydrogen-bond donors (Lipinski definition) is 0. The van der Waals surface area contributed by atoms with Gasteiger partial charge in [0, 0.05) is 45.5 Å². The number of rotatable bonds is 11. The number of hydrogen-bond acceptors (Lipinski definition) is 3. The molecular formula is C26H36N2O. The molecule has 0 aliphatic heterocycles. The van der Waals surface area contributed by atoms with Crippen LogP contribution in [0.3, 0.4) is 0 Å². The second-order valence-electron chi connectivity index (χ2n) is 8.13. The maximum atomic E-state index is 11.1. The molecule has 1 atom stereocenters. The second-order valence-corrected chi connectivity index (χ2v) is 8.13. The number of benzene rings is 2. The number of carbonyl (C=O) groups excluding carboxylic acids is 1. The van der Waals surface area contributed by atoms with E-state index in [1.54, 1.807) is 6.08 Å². The fourth-order valence-electron chi connectivity index (χ4n) is 3.84. The molecule has 0 aromatic heterocycles. The quantitative estimate of drug-likeness (QED) is 0.270. The molecule has 0 heterocycles. The maximum Gasteiger partial charge on any atom is 0.142 e. The molecule has 156 valence electrons. The van der Waals surface area contributed by atoms with E-state index in [1.165, 1.54) is 41.8 Å². The zero-order valence-corrected chi connectivity index (χ0v) is 18.6. The molecule has 2 aromatic rings. The summed E-state index contributed by atoms with van der Waals surface area (Å²) in [5.41, 5.74) is 4.98. The predicted octanol–water partition coefficient (Wildman–Crippen LogP) is 5.90. The molecule has 0 unspecified atom stereocenters. The first kappa shape index (κ1) is 22.7. The van der Waals surface area contributed by atoms with Crippen molar-refractivity contribution in [2.24, 2.45) is 5.92 Å². The van der Waals surface area contributed by atoms with E-state index in [2.05, 4.69) is 99.5 Å². The third-order valence-corrected chi connectivity index (χ3v) is 5.54. The SMILES string of the molecule is CCCCC[C@H](/C=C/C=O)C(c1ccc(N(C)C)cc1)c1ccc(N(C)C)cc1. The lowest BCUT2D eigenvalue weighted by Gasteiger charge is -2.27. The van der Waals surface area contributed by atoms with Gasteiger partial charge in [-0.25, -0.2) is 0 Å². The van der Waals surface area contributed by atoms with Gasteiger partial charge in [-0.1, -0.05) is 56.5 Å². The summed E-state index contributed by atoms with van der Waals surface area (Å²) in [6.45, 7) is 2.23. The molecule has 2 rings (SSSR count). The lowest BCUT2D eigenvalue weighted by atomic mass is 9.78. The summed E-state index contributed by atoms with van der Waals surface area (Å²) < 4.78 is 0. The van der Waals surface area contributed by atoms with Crippen molar-refractivity contribution >= 4 is 17.7 Å². The summed E-state index contributed by atoms with van der Waals surface area (Å²) >= 11 is 0. The minimum atomic E-state index is 0.232. The van der Waals surface area contributed by atoms with E-state index in [4.69, 9.17) is 0 Å². The van der Waals surface area contributed by atoms with E-state index in [9.17, 15) is 4.79 Å². The first-order valence-electron chi connectivity index (χ1n) is 10.6. The van der Waals surface area contributed by atoms with Crippen molar-refractivity contribution in [2.45, 2.75) is 38.5 Å². The highest BCUT2D eigenvalue weighted by atomic mass is 16.1. The van der Waals surface area contributed by atoms with Crippen LogP contribution < -0.4 is 9.80 Å². The highest BCUT2D eigenvalue weighted by Gasteiger charge is 2.23. The molecule has 0 aliphatic rings. The van der Waals surface area contributed by atoms with Gasteiger partial charge in [-0.2, -0.15) is 0 Å². The number of nitrogens with zero attached hydrogens (tertiary/aromatic N) is 2. The molecule has 0 aliphatic carbocycles. The molecule has 0 bridgehead atoms. The van der Waals surface area contributed by atoms with Crippen LogP contribution in [0.25, 0.3) is 0 Å². The van der Waals surface area contributed by atoms with Crippen molar-refractivity contribution in [1.29, 1.82) is 0 Å². The van der Waals surface area contributed by atoms with Crippen molar-refractivity contribution in [1.82, 2.24) is 0 Å². The summed E-state index contributed by atoms with van der Waals surface area (Å²) in [5.74, 6) is 0.526. The third kappa shape index (κ3) is 6.49. The summed E-state index contributed by atoms with van der Waals surface area (Å²) in [4.78, 5) is 15.3. The van der Waals surface area contributed by atoms with Crippen molar-refractivity contribution in [3.8, 4) is 0 Å². The van der Waals surface area contributed by atoms with Crippen LogP contribution in [0.5, 0.6) is 0 Å². The van der Waals surface area contributed by atoms with E-state index in [-0.39, 0.29) is 5.92 Å². The van der Waals surface area contributed by atoms with Gasteiger partial charge in [-0.05, 0) is 53.8 Å². The van der Waals surface area contributed by atoms with Crippen LogP contribution in [0.4, 0.5) is 11.4 Å². The normalized spacial score (nSPS) is 12.3. The van der Waals surface area contributed by atoms with Gasteiger partial charge < -0.3 is 9.80 Å². The van der Waals surface area contributed by atoms with Crippen molar-refractivity contribution in [3.05, 3.63) is 71.8 Å². The van der Waals surface area contributed by atoms with Crippen LogP contribution >= 0.6 is 0 Å². The Hall–Kier alpha value is -2.55. The molecule has 0 radical (unpaired) electrons. The smallest absolute Gasteiger partial charge is 0.142 e. The molecule has 29 heavy (non-hydrogen) atoms. The zero-order chi connectivity index (χ0) is 21.2. The van der Waals surface area contributed by atoms with E-state index in [0.29, 0.717) is 5.92 Å². The minimum Gasteiger partial charge on any atom is -0.378 e. The average Bonchev–Trinajstić information content (AvgIpc) is 2.72.